The molecule has 2 aromatic heterocycles. The van der Waals surface area contributed by atoms with E-state index in [0.717, 1.165) is 46.5 Å². The molecular formula is C26H25BrN4O2S. The standard InChI is InChI=1S/C26H25BrN4O2S/c1-16(11-18-7-4-3-5-8-18)23-29-30-24(33-23)19-12-20(14-21(27)13-19)26(32)31-10-6-9-22(31)25-28-17(2)15-34-25/h3-5,7-8,12-16,22H,6,9-11H2,1-2H3/t16-,22+/m0/s1. The van der Waals surface area contributed by atoms with Crippen molar-refractivity contribution < 1.29 is 9.21 Å². The van der Waals surface area contributed by atoms with Crippen LogP contribution in [-0.4, -0.2) is 32.5 Å². The lowest BCUT2D eigenvalue weighted by molar-refractivity contribution is 0.0735. The van der Waals surface area contributed by atoms with E-state index in [-0.39, 0.29) is 17.9 Å². The number of nitrogens with zero attached hydrogens (tertiary/aromatic N) is 4. The molecule has 0 aliphatic carbocycles. The number of halogens is 1. The predicted octanol–water partition coefficient (Wildman–Crippen LogP) is 6.59. The lowest BCUT2D eigenvalue weighted by atomic mass is 10.0. The Morgan fingerprint density at radius 1 is 1.24 bits per heavy atom. The number of aromatic nitrogens is 3. The van der Waals surface area contributed by atoms with Crippen LogP contribution in [0.25, 0.3) is 11.5 Å². The van der Waals surface area contributed by atoms with Crippen LogP contribution in [0.4, 0.5) is 0 Å². The summed E-state index contributed by atoms with van der Waals surface area (Å²) >= 11 is 5.18. The third kappa shape index (κ3) is 4.83. The van der Waals surface area contributed by atoms with E-state index in [2.05, 4.69) is 50.2 Å². The van der Waals surface area contributed by atoms with Crippen molar-refractivity contribution in [1.29, 1.82) is 0 Å². The van der Waals surface area contributed by atoms with E-state index in [1.165, 1.54) is 5.56 Å². The summed E-state index contributed by atoms with van der Waals surface area (Å²) in [4.78, 5) is 20.1. The Morgan fingerprint density at radius 2 is 2.06 bits per heavy atom. The second-order valence-corrected chi connectivity index (χ2v) is 10.6. The molecule has 1 aliphatic heterocycles. The van der Waals surface area contributed by atoms with Gasteiger partial charge < -0.3 is 9.32 Å². The van der Waals surface area contributed by atoms with Gasteiger partial charge in [0.2, 0.25) is 11.8 Å². The van der Waals surface area contributed by atoms with Crippen molar-refractivity contribution in [2.75, 3.05) is 6.54 Å². The van der Waals surface area contributed by atoms with Crippen LogP contribution in [0.2, 0.25) is 0 Å². The Hall–Kier alpha value is -2.84. The molecule has 0 spiro atoms. The van der Waals surface area contributed by atoms with Crippen LogP contribution in [-0.2, 0) is 6.42 Å². The molecule has 6 nitrogen and oxygen atoms in total. The predicted molar refractivity (Wildman–Crippen MR) is 136 cm³/mol. The maximum absolute atomic E-state index is 13.5. The Bertz CT molecular complexity index is 1300. The fraction of sp³-hybridized carbons (Fsp3) is 0.308. The van der Waals surface area contributed by atoms with Crippen molar-refractivity contribution in [3.63, 3.8) is 0 Å². The highest BCUT2D eigenvalue weighted by Gasteiger charge is 2.33. The molecule has 0 bridgehead atoms. The normalized spacial score (nSPS) is 16.7. The zero-order valence-corrected chi connectivity index (χ0v) is 21.5. The summed E-state index contributed by atoms with van der Waals surface area (Å²) in [7, 11) is 0. The fourth-order valence-corrected chi connectivity index (χ4v) is 5.84. The number of amides is 1. The van der Waals surface area contributed by atoms with Crippen LogP contribution < -0.4 is 0 Å². The van der Waals surface area contributed by atoms with E-state index in [9.17, 15) is 4.79 Å². The van der Waals surface area contributed by atoms with E-state index in [0.29, 0.717) is 17.3 Å². The van der Waals surface area contributed by atoms with Crippen molar-refractivity contribution in [1.82, 2.24) is 20.1 Å². The molecule has 1 amide bonds. The SMILES string of the molecule is Cc1csc([C@H]2CCCN2C(=O)c2cc(Br)cc(-c3nnc([C@@H](C)Cc4ccccc4)o3)c2)n1. The Labute approximate surface area is 211 Å². The van der Waals surface area contributed by atoms with Crippen molar-refractivity contribution in [2.24, 2.45) is 0 Å². The molecular weight excluding hydrogens is 512 g/mol. The third-order valence-electron chi connectivity index (χ3n) is 6.07. The van der Waals surface area contributed by atoms with E-state index < -0.39 is 0 Å². The number of hydrogen-bond donors (Lipinski definition) is 0. The maximum atomic E-state index is 13.5. The van der Waals surface area contributed by atoms with Crippen molar-refractivity contribution in [2.45, 2.75) is 45.1 Å². The quantitative estimate of drug-likeness (QED) is 0.278. The van der Waals surface area contributed by atoms with Crippen LogP contribution in [0.15, 0.2) is 62.8 Å². The molecule has 34 heavy (non-hydrogen) atoms. The molecule has 0 N–H and O–H groups in total. The highest BCUT2D eigenvalue weighted by atomic mass is 79.9. The van der Waals surface area contributed by atoms with Gasteiger partial charge in [-0.3, -0.25) is 4.79 Å². The van der Waals surface area contributed by atoms with Crippen molar-refractivity contribution in [3.8, 4) is 11.5 Å². The van der Waals surface area contributed by atoms with Gasteiger partial charge in [0.05, 0.1) is 6.04 Å². The van der Waals surface area contributed by atoms with Crippen LogP contribution >= 0.6 is 27.3 Å². The van der Waals surface area contributed by atoms with Gasteiger partial charge in [0.25, 0.3) is 5.91 Å². The highest BCUT2D eigenvalue weighted by Crippen LogP contribution is 2.36. The Kier molecular flexibility index (Phi) is 6.61. The van der Waals surface area contributed by atoms with E-state index >= 15 is 0 Å². The number of likely N-dealkylation sites (tertiary alicyclic amines) is 1. The summed E-state index contributed by atoms with van der Waals surface area (Å²) in [5.74, 6) is 1.09. The first-order valence-electron chi connectivity index (χ1n) is 11.4. The molecule has 1 saturated heterocycles. The molecule has 0 radical (unpaired) electrons. The topological polar surface area (TPSA) is 72.1 Å². The minimum atomic E-state index is -0.00455. The first kappa shape index (κ1) is 22.9. The van der Waals surface area contributed by atoms with Gasteiger partial charge >= 0.3 is 0 Å². The molecule has 3 heterocycles. The van der Waals surface area contributed by atoms with Gasteiger partial charge in [-0.05, 0) is 49.9 Å². The maximum Gasteiger partial charge on any atom is 0.254 e. The molecule has 2 atom stereocenters. The second-order valence-electron chi connectivity index (χ2n) is 8.75. The number of hydrogen-bond acceptors (Lipinski definition) is 6. The molecule has 5 rings (SSSR count). The third-order valence-corrected chi connectivity index (χ3v) is 7.60. The largest absolute Gasteiger partial charge is 0.420 e. The van der Waals surface area contributed by atoms with Crippen LogP contribution in [0.1, 0.15) is 64.2 Å². The van der Waals surface area contributed by atoms with E-state index in [4.69, 9.17) is 4.42 Å². The number of aryl methyl sites for hydroxylation is 1. The lowest BCUT2D eigenvalue weighted by Crippen LogP contribution is -2.30. The number of rotatable bonds is 6. The number of benzene rings is 2. The van der Waals surface area contributed by atoms with E-state index in [1.807, 2.05) is 53.6 Å². The molecule has 2 aromatic carbocycles. The van der Waals surface area contributed by atoms with Gasteiger partial charge in [0.1, 0.15) is 5.01 Å². The Balaban J connectivity index is 1.37. The summed E-state index contributed by atoms with van der Waals surface area (Å²) < 4.78 is 6.83. The number of carbonyl (C=O) groups is 1. The molecule has 1 fully saturated rings. The van der Waals surface area contributed by atoms with Gasteiger partial charge in [-0.15, -0.1) is 21.5 Å². The first-order valence-corrected chi connectivity index (χ1v) is 13.1. The van der Waals surface area contributed by atoms with Crippen LogP contribution in [0.3, 0.4) is 0 Å². The molecule has 0 unspecified atom stereocenters. The highest BCUT2D eigenvalue weighted by molar-refractivity contribution is 9.10. The van der Waals surface area contributed by atoms with Crippen LogP contribution in [0, 0.1) is 6.92 Å². The summed E-state index contributed by atoms with van der Waals surface area (Å²) in [6.45, 7) is 4.79. The average Bonchev–Trinajstić information content (AvgIpc) is 3.59. The summed E-state index contributed by atoms with van der Waals surface area (Å²) in [5.41, 5.74) is 3.55. The molecule has 0 saturated carbocycles. The molecule has 8 heteroatoms. The van der Waals surface area contributed by atoms with Gasteiger partial charge in [0, 0.05) is 39.1 Å². The summed E-state index contributed by atoms with van der Waals surface area (Å²) in [6, 6.07) is 15.9. The number of thiazole rings is 1. The minimum Gasteiger partial charge on any atom is -0.420 e. The Morgan fingerprint density at radius 3 is 2.82 bits per heavy atom. The molecule has 4 aromatic rings. The second kappa shape index (κ2) is 9.80. The summed E-state index contributed by atoms with van der Waals surface area (Å²) in [5, 5.41) is 11.6. The van der Waals surface area contributed by atoms with Gasteiger partial charge in [-0.25, -0.2) is 4.98 Å². The van der Waals surface area contributed by atoms with Gasteiger partial charge in [-0.2, -0.15) is 0 Å². The summed E-state index contributed by atoms with van der Waals surface area (Å²) in [6.07, 6.45) is 2.73. The zero-order chi connectivity index (χ0) is 23.7. The monoisotopic (exact) mass is 536 g/mol. The number of carbonyl (C=O) groups excluding carboxylic acids is 1. The van der Waals surface area contributed by atoms with Crippen LogP contribution in [0.5, 0.6) is 0 Å². The molecule has 174 valence electrons. The average molecular weight is 537 g/mol. The van der Waals surface area contributed by atoms with E-state index in [1.54, 1.807) is 11.3 Å². The fourth-order valence-electron chi connectivity index (χ4n) is 4.40. The van der Waals surface area contributed by atoms with Crippen molar-refractivity contribution >= 4 is 33.2 Å². The smallest absolute Gasteiger partial charge is 0.254 e. The van der Waals surface area contributed by atoms with Gasteiger partial charge in [-0.1, -0.05) is 53.2 Å². The lowest BCUT2D eigenvalue weighted by Gasteiger charge is -2.23. The van der Waals surface area contributed by atoms with Crippen molar-refractivity contribution in [3.05, 3.63) is 86.1 Å². The zero-order valence-electron chi connectivity index (χ0n) is 19.1. The first-order chi connectivity index (χ1) is 16.5. The van der Waals surface area contributed by atoms with Gasteiger partial charge in [0.15, 0.2) is 0 Å². The minimum absolute atomic E-state index is 0.00455. The molecule has 1 aliphatic rings.